The molecule has 0 aliphatic heterocycles. The van der Waals surface area contributed by atoms with Gasteiger partial charge < -0.3 is 4.74 Å². The third kappa shape index (κ3) is 2.95. The Morgan fingerprint density at radius 1 is 1.25 bits per heavy atom. The van der Waals surface area contributed by atoms with E-state index in [4.69, 9.17) is 16.3 Å². The van der Waals surface area contributed by atoms with Crippen molar-refractivity contribution in [2.24, 2.45) is 0 Å². The number of hydrogen-bond donors (Lipinski definition) is 0. The molecule has 0 aliphatic rings. The van der Waals surface area contributed by atoms with Gasteiger partial charge in [0.25, 0.3) is 0 Å². The number of benzene rings is 1. The second-order valence-corrected chi connectivity index (χ2v) is 6.36. The fourth-order valence-electron chi connectivity index (χ4n) is 2.40. The van der Waals surface area contributed by atoms with Crippen molar-refractivity contribution in [3.05, 3.63) is 63.3 Å². The number of nitrogens with zero attached hydrogens (tertiary/aromatic N) is 3. The van der Waals surface area contributed by atoms with Gasteiger partial charge in [-0.25, -0.2) is 9.48 Å². The Kier molecular flexibility index (Phi) is 4.69. The topological polar surface area (TPSA) is 57.0 Å². The number of carbonyl (C=O) groups is 1. The molecule has 0 unspecified atom stereocenters. The third-order valence-electron chi connectivity index (χ3n) is 3.55. The maximum atomic E-state index is 12.0. The zero-order valence-electron chi connectivity index (χ0n) is 13.0. The average Bonchev–Trinajstić information content (AvgIpc) is 2.92. The van der Waals surface area contributed by atoms with Crippen molar-refractivity contribution in [1.82, 2.24) is 14.8 Å². The highest BCUT2D eigenvalue weighted by molar-refractivity contribution is 9.10. The van der Waals surface area contributed by atoms with Crippen molar-refractivity contribution in [3.63, 3.8) is 0 Å². The highest BCUT2D eigenvalue weighted by Crippen LogP contribution is 2.31. The maximum Gasteiger partial charge on any atom is 0.358 e. The van der Waals surface area contributed by atoms with Crippen LogP contribution in [0.5, 0.6) is 0 Å². The van der Waals surface area contributed by atoms with Gasteiger partial charge in [0, 0.05) is 16.2 Å². The fraction of sp³-hybridized carbons (Fsp3) is 0.118. The minimum atomic E-state index is -0.503. The molecule has 5 nitrogen and oxygen atoms in total. The summed E-state index contributed by atoms with van der Waals surface area (Å²) in [5.74, 6) is -0.503. The number of rotatable bonds is 3. The van der Waals surface area contributed by atoms with E-state index in [0.29, 0.717) is 27.7 Å². The van der Waals surface area contributed by atoms with Crippen molar-refractivity contribution in [3.8, 4) is 17.1 Å². The van der Waals surface area contributed by atoms with Crippen LogP contribution in [0, 0.1) is 6.92 Å². The molecule has 0 aliphatic carbocycles. The van der Waals surface area contributed by atoms with Gasteiger partial charge in [-0.2, -0.15) is 5.10 Å². The van der Waals surface area contributed by atoms with Gasteiger partial charge in [-0.3, -0.25) is 4.98 Å². The minimum Gasteiger partial charge on any atom is -0.464 e. The van der Waals surface area contributed by atoms with Crippen LogP contribution in [0.25, 0.3) is 17.1 Å². The minimum absolute atomic E-state index is 0.233. The molecule has 0 bridgehead atoms. The highest BCUT2D eigenvalue weighted by Gasteiger charge is 2.24. The van der Waals surface area contributed by atoms with Crippen molar-refractivity contribution in [2.45, 2.75) is 6.92 Å². The summed E-state index contributed by atoms with van der Waals surface area (Å²) in [6, 6.07) is 11.0. The standard InChI is InChI=1S/C17H13BrClN3O2/c1-10-15(17(23)24-2)21-22(14-6-4-3-5-12(14)19)16(10)13-8-7-11(18)9-20-13/h3-9H,1-2H3. The second kappa shape index (κ2) is 6.75. The molecule has 0 N–H and O–H groups in total. The number of para-hydroxylation sites is 1. The number of carbonyl (C=O) groups excluding carboxylic acids is 1. The summed E-state index contributed by atoms with van der Waals surface area (Å²) in [5, 5.41) is 4.94. The van der Waals surface area contributed by atoms with Crippen LogP contribution < -0.4 is 0 Å². The number of hydrogen-bond acceptors (Lipinski definition) is 4. The Morgan fingerprint density at radius 3 is 2.62 bits per heavy atom. The molecule has 1 aromatic carbocycles. The molecule has 0 spiro atoms. The molecule has 0 saturated heterocycles. The number of pyridine rings is 1. The lowest BCUT2D eigenvalue weighted by atomic mass is 10.1. The van der Waals surface area contributed by atoms with E-state index in [1.165, 1.54) is 7.11 Å². The predicted molar refractivity (Wildman–Crippen MR) is 95.6 cm³/mol. The Balaban J connectivity index is 2.29. The predicted octanol–water partition coefficient (Wildman–Crippen LogP) is 4.45. The van der Waals surface area contributed by atoms with Gasteiger partial charge in [-0.15, -0.1) is 0 Å². The van der Waals surface area contributed by atoms with Gasteiger partial charge in [0.2, 0.25) is 0 Å². The van der Waals surface area contributed by atoms with Gasteiger partial charge >= 0.3 is 5.97 Å². The number of ether oxygens (including phenoxy) is 1. The van der Waals surface area contributed by atoms with Gasteiger partial charge in [-0.05, 0) is 47.1 Å². The van der Waals surface area contributed by atoms with Crippen LogP contribution in [-0.2, 0) is 4.74 Å². The lowest BCUT2D eigenvalue weighted by molar-refractivity contribution is 0.0592. The summed E-state index contributed by atoms with van der Waals surface area (Å²) in [4.78, 5) is 16.5. The van der Waals surface area contributed by atoms with E-state index in [9.17, 15) is 4.79 Å². The highest BCUT2D eigenvalue weighted by atomic mass is 79.9. The molecule has 3 rings (SSSR count). The zero-order chi connectivity index (χ0) is 17.3. The first-order valence-corrected chi connectivity index (χ1v) is 8.24. The first-order valence-electron chi connectivity index (χ1n) is 7.07. The quantitative estimate of drug-likeness (QED) is 0.603. The molecule has 0 fully saturated rings. The number of halogens is 2. The smallest absolute Gasteiger partial charge is 0.358 e. The average molecular weight is 407 g/mol. The summed E-state index contributed by atoms with van der Waals surface area (Å²) < 4.78 is 7.32. The first kappa shape index (κ1) is 16.7. The molecule has 0 radical (unpaired) electrons. The molecule has 2 aromatic heterocycles. The number of aromatic nitrogens is 3. The Morgan fingerprint density at radius 2 is 2.00 bits per heavy atom. The van der Waals surface area contributed by atoms with Gasteiger partial charge in [-0.1, -0.05) is 23.7 Å². The van der Waals surface area contributed by atoms with E-state index in [2.05, 4.69) is 26.0 Å². The van der Waals surface area contributed by atoms with Crippen LogP contribution in [0.2, 0.25) is 5.02 Å². The molecule has 122 valence electrons. The van der Waals surface area contributed by atoms with Crippen molar-refractivity contribution in [1.29, 1.82) is 0 Å². The van der Waals surface area contributed by atoms with E-state index in [-0.39, 0.29) is 5.69 Å². The first-order chi connectivity index (χ1) is 11.5. The SMILES string of the molecule is COC(=O)c1nn(-c2ccccc2Cl)c(-c2ccc(Br)cn2)c1C. The number of methoxy groups -OCH3 is 1. The summed E-state index contributed by atoms with van der Waals surface area (Å²) in [6.07, 6.45) is 1.69. The second-order valence-electron chi connectivity index (χ2n) is 5.04. The van der Waals surface area contributed by atoms with Crippen LogP contribution in [0.3, 0.4) is 0 Å². The van der Waals surface area contributed by atoms with Crippen LogP contribution >= 0.6 is 27.5 Å². The molecule has 24 heavy (non-hydrogen) atoms. The van der Waals surface area contributed by atoms with E-state index in [1.54, 1.807) is 16.9 Å². The van der Waals surface area contributed by atoms with Crippen LogP contribution in [0.4, 0.5) is 0 Å². The molecule has 0 amide bonds. The fourth-order valence-corrected chi connectivity index (χ4v) is 2.85. The molecular formula is C17H13BrClN3O2. The van der Waals surface area contributed by atoms with Gasteiger partial charge in [0.05, 0.1) is 29.2 Å². The molecule has 0 saturated carbocycles. The van der Waals surface area contributed by atoms with Crippen LogP contribution in [0.1, 0.15) is 16.1 Å². The summed E-state index contributed by atoms with van der Waals surface area (Å²) in [7, 11) is 1.33. The Hall–Kier alpha value is -2.18. The number of esters is 1. The molecule has 3 aromatic rings. The monoisotopic (exact) mass is 405 g/mol. The lowest BCUT2D eigenvalue weighted by Gasteiger charge is -2.09. The van der Waals surface area contributed by atoms with Gasteiger partial charge in [0.1, 0.15) is 0 Å². The van der Waals surface area contributed by atoms with Crippen molar-refractivity contribution < 1.29 is 9.53 Å². The Labute approximate surface area is 152 Å². The van der Waals surface area contributed by atoms with Crippen LogP contribution in [0.15, 0.2) is 47.1 Å². The van der Waals surface area contributed by atoms with E-state index in [1.807, 2.05) is 37.3 Å². The summed E-state index contributed by atoms with van der Waals surface area (Å²) in [6.45, 7) is 1.81. The normalized spacial score (nSPS) is 10.7. The zero-order valence-corrected chi connectivity index (χ0v) is 15.3. The van der Waals surface area contributed by atoms with Crippen molar-refractivity contribution >= 4 is 33.5 Å². The van der Waals surface area contributed by atoms with Crippen LogP contribution in [-0.4, -0.2) is 27.8 Å². The molecular weight excluding hydrogens is 394 g/mol. The molecule has 0 atom stereocenters. The van der Waals surface area contributed by atoms with E-state index in [0.717, 1.165) is 4.47 Å². The van der Waals surface area contributed by atoms with E-state index < -0.39 is 5.97 Å². The third-order valence-corrected chi connectivity index (χ3v) is 4.34. The largest absolute Gasteiger partial charge is 0.464 e. The van der Waals surface area contributed by atoms with Crippen molar-refractivity contribution in [2.75, 3.05) is 7.11 Å². The Bertz CT molecular complexity index is 907. The maximum absolute atomic E-state index is 12.0. The summed E-state index contributed by atoms with van der Waals surface area (Å²) >= 11 is 9.68. The molecule has 2 heterocycles. The summed E-state index contributed by atoms with van der Waals surface area (Å²) in [5.41, 5.74) is 2.94. The lowest BCUT2D eigenvalue weighted by Crippen LogP contribution is -2.05. The molecule has 7 heteroatoms. The van der Waals surface area contributed by atoms with Gasteiger partial charge in [0.15, 0.2) is 5.69 Å². The van der Waals surface area contributed by atoms with E-state index >= 15 is 0 Å².